The van der Waals surface area contributed by atoms with Crippen molar-refractivity contribution in [3.63, 3.8) is 0 Å². The Morgan fingerprint density at radius 3 is 2.70 bits per heavy atom. The van der Waals surface area contributed by atoms with Crippen molar-refractivity contribution in [1.29, 1.82) is 0 Å². The number of halogens is 1. The molecule has 104 valence electrons. The molecule has 1 aliphatic rings. The molecular weight excluding hydrogens is 281 g/mol. The van der Waals surface area contributed by atoms with Crippen LogP contribution in [0.25, 0.3) is 0 Å². The molecule has 1 aromatic carbocycles. The second kappa shape index (κ2) is 4.36. The summed E-state index contributed by atoms with van der Waals surface area (Å²) >= 11 is 0. The summed E-state index contributed by atoms with van der Waals surface area (Å²) in [6, 6.07) is 7.55. The molecule has 3 rings (SSSR count). The second-order valence-corrected chi connectivity index (χ2v) is 6.86. The third kappa shape index (κ3) is 1.83. The molecule has 1 N–H and O–H groups in total. The van der Waals surface area contributed by atoms with Crippen molar-refractivity contribution in [2.75, 3.05) is 5.75 Å². The SMILES string of the molecule is O=S1(=O)CCC(O)(c2ccncc2F)c2ccccc21. The Hall–Kier alpha value is -1.79. The Morgan fingerprint density at radius 2 is 1.95 bits per heavy atom. The van der Waals surface area contributed by atoms with Crippen molar-refractivity contribution in [2.45, 2.75) is 16.9 Å². The first-order valence-electron chi connectivity index (χ1n) is 6.10. The third-order valence-corrected chi connectivity index (χ3v) is 5.39. The summed E-state index contributed by atoms with van der Waals surface area (Å²) in [6.45, 7) is 0. The normalized spacial score (nSPS) is 24.1. The minimum atomic E-state index is -3.43. The predicted molar refractivity (Wildman–Crippen MR) is 70.3 cm³/mol. The standard InChI is InChI=1S/C14H12FNO3S/c15-12-9-16-7-5-10(12)14(17)6-8-20(18,19)13-4-2-1-3-11(13)14/h1-5,7,9,17H,6,8H2. The maximum absolute atomic E-state index is 13.9. The highest BCUT2D eigenvalue weighted by molar-refractivity contribution is 7.91. The number of hydrogen-bond acceptors (Lipinski definition) is 4. The van der Waals surface area contributed by atoms with E-state index >= 15 is 0 Å². The van der Waals surface area contributed by atoms with Gasteiger partial charge in [0.05, 0.1) is 16.8 Å². The maximum Gasteiger partial charge on any atom is 0.178 e. The molecule has 0 fully saturated rings. The van der Waals surface area contributed by atoms with Gasteiger partial charge in [-0.15, -0.1) is 0 Å². The summed E-state index contributed by atoms with van der Waals surface area (Å²) in [6.07, 6.45) is 2.31. The lowest BCUT2D eigenvalue weighted by Gasteiger charge is -2.34. The summed E-state index contributed by atoms with van der Waals surface area (Å²) in [5.74, 6) is -0.869. The summed E-state index contributed by atoms with van der Waals surface area (Å²) < 4.78 is 38.1. The zero-order valence-corrected chi connectivity index (χ0v) is 11.3. The van der Waals surface area contributed by atoms with Gasteiger partial charge in [-0.2, -0.15) is 0 Å². The maximum atomic E-state index is 13.9. The number of rotatable bonds is 1. The lowest BCUT2D eigenvalue weighted by molar-refractivity contribution is 0.0677. The molecular formula is C14H12FNO3S. The fourth-order valence-electron chi connectivity index (χ4n) is 2.60. The fraction of sp³-hybridized carbons (Fsp3) is 0.214. The average molecular weight is 293 g/mol. The van der Waals surface area contributed by atoms with E-state index in [1.807, 2.05) is 0 Å². The number of nitrogens with zero attached hydrogens (tertiary/aromatic N) is 1. The average Bonchev–Trinajstić information content (AvgIpc) is 2.44. The number of aliphatic hydroxyl groups is 1. The summed E-state index contributed by atoms with van der Waals surface area (Å²) in [7, 11) is -3.43. The van der Waals surface area contributed by atoms with E-state index in [0.29, 0.717) is 0 Å². The van der Waals surface area contributed by atoms with E-state index in [2.05, 4.69) is 4.98 Å². The van der Waals surface area contributed by atoms with E-state index in [1.165, 1.54) is 24.4 Å². The van der Waals surface area contributed by atoms with Crippen molar-refractivity contribution >= 4 is 9.84 Å². The lowest BCUT2D eigenvalue weighted by Crippen LogP contribution is -2.37. The molecule has 2 heterocycles. The van der Waals surface area contributed by atoms with Gasteiger partial charge in [-0.25, -0.2) is 12.8 Å². The van der Waals surface area contributed by atoms with Gasteiger partial charge in [-0.3, -0.25) is 4.98 Å². The predicted octanol–water partition coefficient (Wildman–Crippen LogP) is 1.63. The molecule has 1 atom stereocenters. The van der Waals surface area contributed by atoms with Crippen LogP contribution in [0.15, 0.2) is 47.6 Å². The van der Waals surface area contributed by atoms with Crippen LogP contribution in [0.4, 0.5) is 4.39 Å². The summed E-state index contributed by atoms with van der Waals surface area (Å²) in [5.41, 5.74) is -1.37. The quantitative estimate of drug-likeness (QED) is 0.868. The van der Waals surface area contributed by atoms with Crippen molar-refractivity contribution in [3.05, 3.63) is 59.7 Å². The van der Waals surface area contributed by atoms with Crippen LogP contribution >= 0.6 is 0 Å². The highest BCUT2D eigenvalue weighted by Crippen LogP contribution is 2.42. The van der Waals surface area contributed by atoms with E-state index < -0.39 is 21.3 Å². The third-order valence-electron chi connectivity index (χ3n) is 3.62. The van der Waals surface area contributed by atoms with Crippen molar-refractivity contribution < 1.29 is 17.9 Å². The molecule has 20 heavy (non-hydrogen) atoms. The van der Waals surface area contributed by atoms with Crippen LogP contribution in [-0.4, -0.2) is 24.3 Å². The first kappa shape index (κ1) is 13.2. The van der Waals surface area contributed by atoms with Gasteiger partial charge in [0.1, 0.15) is 11.4 Å². The molecule has 0 aliphatic carbocycles. The fourth-order valence-corrected chi connectivity index (χ4v) is 4.24. The Labute approximate surface area is 115 Å². The molecule has 0 amide bonds. The monoisotopic (exact) mass is 293 g/mol. The number of sulfone groups is 1. The van der Waals surface area contributed by atoms with Crippen molar-refractivity contribution in [2.24, 2.45) is 0 Å². The molecule has 0 spiro atoms. The lowest BCUT2D eigenvalue weighted by atomic mass is 9.84. The highest BCUT2D eigenvalue weighted by atomic mass is 32.2. The molecule has 6 heteroatoms. The zero-order valence-electron chi connectivity index (χ0n) is 10.5. The van der Waals surface area contributed by atoms with Crippen molar-refractivity contribution in [3.8, 4) is 0 Å². The van der Waals surface area contributed by atoms with E-state index in [-0.39, 0.29) is 28.2 Å². The zero-order chi connectivity index (χ0) is 14.4. The van der Waals surface area contributed by atoms with E-state index in [1.54, 1.807) is 12.1 Å². The molecule has 1 unspecified atom stereocenters. The minimum absolute atomic E-state index is 0.0508. The first-order valence-corrected chi connectivity index (χ1v) is 7.75. The Morgan fingerprint density at radius 1 is 1.20 bits per heavy atom. The second-order valence-electron chi connectivity index (χ2n) is 4.78. The van der Waals surface area contributed by atoms with Crippen molar-refractivity contribution in [1.82, 2.24) is 4.98 Å². The number of aromatic nitrogens is 1. The molecule has 0 saturated heterocycles. The number of pyridine rings is 1. The van der Waals surface area contributed by atoms with E-state index in [9.17, 15) is 17.9 Å². The molecule has 0 radical (unpaired) electrons. The molecule has 2 aromatic rings. The van der Waals surface area contributed by atoms with Crippen LogP contribution in [0, 0.1) is 5.82 Å². The Bertz CT molecular complexity index is 775. The minimum Gasteiger partial charge on any atom is -0.380 e. The summed E-state index contributed by atoms with van der Waals surface area (Å²) in [4.78, 5) is 3.71. The van der Waals surface area contributed by atoms with Gasteiger partial charge in [-0.05, 0) is 18.6 Å². The molecule has 0 saturated carbocycles. The van der Waals surface area contributed by atoms with E-state index in [4.69, 9.17) is 0 Å². The van der Waals surface area contributed by atoms with Crippen LogP contribution < -0.4 is 0 Å². The Balaban J connectivity index is 2.29. The van der Waals surface area contributed by atoms with Crippen LogP contribution in [0.5, 0.6) is 0 Å². The van der Waals surface area contributed by atoms with Gasteiger partial charge >= 0.3 is 0 Å². The highest BCUT2D eigenvalue weighted by Gasteiger charge is 2.43. The van der Waals surface area contributed by atoms with Gasteiger partial charge in [0.25, 0.3) is 0 Å². The largest absolute Gasteiger partial charge is 0.380 e. The van der Waals surface area contributed by atoms with E-state index in [0.717, 1.165) is 6.20 Å². The smallest absolute Gasteiger partial charge is 0.178 e. The molecule has 1 aliphatic heterocycles. The van der Waals surface area contributed by atoms with Crippen LogP contribution in [0.2, 0.25) is 0 Å². The van der Waals surface area contributed by atoms with Crippen LogP contribution in [0.3, 0.4) is 0 Å². The van der Waals surface area contributed by atoms with Crippen LogP contribution in [0.1, 0.15) is 17.5 Å². The van der Waals surface area contributed by atoms with Gasteiger partial charge < -0.3 is 5.11 Å². The molecule has 0 bridgehead atoms. The number of hydrogen-bond donors (Lipinski definition) is 1. The Kier molecular flexibility index (Phi) is 2.88. The van der Waals surface area contributed by atoms with Gasteiger partial charge in [0.2, 0.25) is 0 Å². The molecule has 1 aromatic heterocycles. The topological polar surface area (TPSA) is 67.3 Å². The van der Waals surface area contributed by atoms with Gasteiger partial charge in [-0.1, -0.05) is 18.2 Å². The first-order chi connectivity index (χ1) is 9.45. The number of benzene rings is 1. The van der Waals surface area contributed by atoms with Crippen LogP contribution in [-0.2, 0) is 15.4 Å². The summed E-state index contributed by atoms with van der Waals surface area (Å²) in [5, 5.41) is 10.9. The van der Waals surface area contributed by atoms with Gasteiger partial charge in [0, 0.05) is 17.3 Å². The number of fused-ring (bicyclic) bond motifs is 1. The van der Waals surface area contributed by atoms with Gasteiger partial charge in [0.15, 0.2) is 9.84 Å². The molecule has 4 nitrogen and oxygen atoms in total.